The zero-order valence-electron chi connectivity index (χ0n) is 6.83. The summed E-state index contributed by atoms with van der Waals surface area (Å²) in [6, 6.07) is 0. The molecule has 1 aliphatic carbocycles. The summed E-state index contributed by atoms with van der Waals surface area (Å²) in [6.07, 6.45) is 5.31. The molecule has 1 aliphatic heterocycles. The van der Waals surface area contributed by atoms with Crippen LogP contribution < -0.4 is 0 Å². The zero-order valence-corrected chi connectivity index (χ0v) is 6.83. The summed E-state index contributed by atoms with van der Waals surface area (Å²) in [5.74, 6) is 1.84. The van der Waals surface area contributed by atoms with E-state index < -0.39 is 0 Å². The van der Waals surface area contributed by atoms with Gasteiger partial charge in [0.15, 0.2) is 0 Å². The summed E-state index contributed by atoms with van der Waals surface area (Å²) in [5, 5.41) is 8.89. The number of aliphatic hydroxyl groups excluding tert-OH is 1. The second-order valence-corrected chi connectivity index (χ2v) is 3.80. The van der Waals surface area contributed by atoms with Gasteiger partial charge in [-0.05, 0) is 37.5 Å². The highest BCUT2D eigenvalue weighted by molar-refractivity contribution is 4.84. The quantitative estimate of drug-likeness (QED) is 0.650. The van der Waals surface area contributed by atoms with Crippen molar-refractivity contribution in [3.8, 4) is 0 Å². The van der Waals surface area contributed by atoms with Gasteiger partial charge in [-0.1, -0.05) is 0 Å². The Hall–Kier alpha value is -0.0800. The van der Waals surface area contributed by atoms with Gasteiger partial charge in [0.05, 0.1) is 12.7 Å². The van der Waals surface area contributed by atoms with Crippen molar-refractivity contribution in [1.82, 2.24) is 0 Å². The molecule has 64 valence electrons. The van der Waals surface area contributed by atoms with Gasteiger partial charge < -0.3 is 9.84 Å². The third-order valence-corrected chi connectivity index (χ3v) is 2.90. The molecular weight excluding hydrogens is 140 g/mol. The molecule has 2 aliphatic rings. The molecular formula is C9H16O2. The Morgan fingerprint density at radius 1 is 1.18 bits per heavy atom. The molecule has 0 spiro atoms. The fourth-order valence-corrected chi connectivity index (χ4v) is 2.03. The molecule has 0 amide bonds. The lowest BCUT2D eigenvalue weighted by Gasteiger charge is -2.28. The minimum atomic E-state index is 0.148. The van der Waals surface area contributed by atoms with Crippen LogP contribution in [0.3, 0.4) is 0 Å². The van der Waals surface area contributed by atoms with Gasteiger partial charge in [-0.2, -0.15) is 0 Å². The summed E-state index contributed by atoms with van der Waals surface area (Å²) in [7, 11) is 0. The SMILES string of the molecule is OCC1CC(C2CC2)CCO1. The highest BCUT2D eigenvalue weighted by Gasteiger charge is 2.34. The summed E-state index contributed by atoms with van der Waals surface area (Å²) in [5.41, 5.74) is 0. The zero-order chi connectivity index (χ0) is 7.68. The van der Waals surface area contributed by atoms with Crippen LogP contribution in [-0.4, -0.2) is 24.4 Å². The molecule has 1 N–H and O–H groups in total. The smallest absolute Gasteiger partial charge is 0.0808 e. The highest BCUT2D eigenvalue weighted by Crippen LogP contribution is 2.42. The van der Waals surface area contributed by atoms with E-state index in [4.69, 9.17) is 9.84 Å². The van der Waals surface area contributed by atoms with Crippen LogP contribution >= 0.6 is 0 Å². The Morgan fingerprint density at radius 3 is 2.64 bits per heavy atom. The van der Waals surface area contributed by atoms with E-state index in [1.54, 1.807) is 0 Å². The topological polar surface area (TPSA) is 29.5 Å². The van der Waals surface area contributed by atoms with Crippen molar-refractivity contribution in [3.05, 3.63) is 0 Å². The van der Waals surface area contributed by atoms with Crippen molar-refractivity contribution >= 4 is 0 Å². The second kappa shape index (κ2) is 3.11. The van der Waals surface area contributed by atoms with Crippen molar-refractivity contribution in [1.29, 1.82) is 0 Å². The van der Waals surface area contributed by atoms with Crippen LogP contribution in [0.5, 0.6) is 0 Å². The molecule has 1 saturated carbocycles. The van der Waals surface area contributed by atoms with E-state index in [0.29, 0.717) is 0 Å². The fraction of sp³-hybridized carbons (Fsp3) is 1.00. The lowest BCUT2D eigenvalue weighted by molar-refractivity contribution is -0.0414. The standard InChI is InChI=1S/C9H16O2/c10-6-9-5-8(3-4-11-9)7-1-2-7/h7-10H,1-6H2. The van der Waals surface area contributed by atoms with Crippen molar-refractivity contribution in [2.75, 3.05) is 13.2 Å². The van der Waals surface area contributed by atoms with Gasteiger partial charge in [0.1, 0.15) is 0 Å². The summed E-state index contributed by atoms with van der Waals surface area (Å²) in [6.45, 7) is 1.08. The molecule has 2 atom stereocenters. The lowest BCUT2D eigenvalue weighted by Crippen LogP contribution is -2.29. The van der Waals surface area contributed by atoms with Gasteiger partial charge in [-0.15, -0.1) is 0 Å². The number of ether oxygens (including phenoxy) is 1. The molecule has 1 saturated heterocycles. The molecule has 2 unspecified atom stereocenters. The Labute approximate surface area is 67.6 Å². The molecule has 0 radical (unpaired) electrons. The Morgan fingerprint density at radius 2 is 2.00 bits per heavy atom. The molecule has 2 rings (SSSR count). The van der Waals surface area contributed by atoms with Crippen LogP contribution in [0.15, 0.2) is 0 Å². The minimum Gasteiger partial charge on any atom is -0.394 e. The average Bonchev–Trinajstić information content (AvgIpc) is 2.87. The largest absolute Gasteiger partial charge is 0.394 e. The van der Waals surface area contributed by atoms with Crippen LogP contribution in [-0.2, 0) is 4.74 Å². The number of hydrogen-bond donors (Lipinski definition) is 1. The number of rotatable bonds is 2. The van der Waals surface area contributed by atoms with E-state index in [9.17, 15) is 0 Å². The fourth-order valence-electron chi connectivity index (χ4n) is 2.03. The van der Waals surface area contributed by atoms with Gasteiger partial charge in [0.25, 0.3) is 0 Å². The molecule has 2 fully saturated rings. The lowest BCUT2D eigenvalue weighted by atomic mass is 9.91. The monoisotopic (exact) mass is 156 g/mol. The number of hydrogen-bond acceptors (Lipinski definition) is 2. The van der Waals surface area contributed by atoms with Crippen molar-refractivity contribution < 1.29 is 9.84 Å². The van der Waals surface area contributed by atoms with Crippen LogP contribution in [0.2, 0.25) is 0 Å². The molecule has 11 heavy (non-hydrogen) atoms. The van der Waals surface area contributed by atoms with Crippen LogP contribution in [0.25, 0.3) is 0 Å². The second-order valence-electron chi connectivity index (χ2n) is 3.80. The third kappa shape index (κ3) is 1.74. The summed E-state index contributed by atoms with van der Waals surface area (Å²) < 4.78 is 5.39. The molecule has 1 heterocycles. The molecule has 0 aromatic rings. The normalized spacial score (nSPS) is 39.0. The first kappa shape index (κ1) is 7.56. The molecule has 2 heteroatoms. The van der Waals surface area contributed by atoms with Gasteiger partial charge in [0.2, 0.25) is 0 Å². The van der Waals surface area contributed by atoms with Crippen molar-refractivity contribution in [2.24, 2.45) is 11.8 Å². The average molecular weight is 156 g/mol. The van der Waals surface area contributed by atoms with E-state index in [2.05, 4.69) is 0 Å². The van der Waals surface area contributed by atoms with Crippen LogP contribution in [0.4, 0.5) is 0 Å². The molecule has 0 aromatic heterocycles. The van der Waals surface area contributed by atoms with E-state index in [-0.39, 0.29) is 12.7 Å². The van der Waals surface area contributed by atoms with Gasteiger partial charge in [0, 0.05) is 6.61 Å². The van der Waals surface area contributed by atoms with E-state index in [1.807, 2.05) is 0 Å². The molecule has 0 aromatic carbocycles. The van der Waals surface area contributed by atoms with Crippen molar-refractivity contribution in [2.45, 2.75) is 31.8 Å². The summed E-state index contributed by atoms with van der Waals surface area (Å²) >= 11 is 0. The van der Waals surface area contributed by atoms with Crippen molar-refractivity contribution in [3.63, 3.8) is 0 Å². The molecule has 0 bridgehead atoms. The first-order valence-electron chi connectivity index (χ1n) is 4.62. The highest BCUT2D eigenvalue weighted by atomic mass is 16.5. The molecule has 2 nitrogen and oxygen atoms in total. The van der Waals surface area contributed by atoms with Crippen LogP contribution in [0.1, 0.15) is 25.7 Å². The number of aliphatic hydroxyl groups is 1. The predicted octanol–water partition coefficient (Wildman–Crippen LogP) is 1.18. The maximum atomic E-state index is 8.89. The summed E-state index contributed by atoms with van der Waals surface area (Å²) in [4.78, 5) is 0. The van der Waals surface area contributed by atoms with E-state index >= 15 is 0 Å². The van der Waals surface area contributed by atoms with E-state index in [0.717, 1.165) is 24.9 Å². The Bertz CT molecular complexity index is 132. The first-order valence-corrected chi connectivity index (χ1v) is 4.62. The first-order chi connectivity index (χ1) is 5.40. The third-order valence-electron chi connectivity index (χ3n) is 2.90. The van der Waals surface area contributed by atoms with E-state index in [1.165, 1.54) is 19.3 Å². The van der Waals surface area contributed by atoms with Gasteiger partial charge >= 0.3 is 0 Å². The predicted molar refractivity (Wildman–Crippen MR) is 42.3 cm³/mol. The Kier molecular flexibility index (Phi) is 2.14. The maximum absolute atomic E-state index is 8.89. The van der Waals surface area contributed by atoms with Gasteiger partial charge in [-0.3, -0.25) is 0 Å². The van der Waals surface area contributed by atoms with Gasteiger partial charge in [-0.25, -0.2) is 0 Å². The maximum Gasteiger partial charge on any atom is 0.0808 e. The minimum absolute atomic E-state index is 0.148. The Balaban J connectivity index is 1.82. The van der Waals surface area contributed by atoms with Crippen LogP contribution in [0, 0.1) is 11.8 Å².